The van der Waals surface area contributed by atoms with Crippen LogP contribution >= 0.6 is 15.9 Å². The van der Waals surface area contributed by atoms with Gasteiger partial charge in [0, 0.05) is 31.3 Å². The molecule has 0 aliphatic carbocycles. The van der Waals surface area contributed by atoms with E-state index < -0.39 is 11.6 Å². The van der Waals surface area contributed by atoms with E-state index in [0.717, 1.165) is 50.5 Å². The van der Waals surface area contributed by atoms with Crippen LogP contribution < -0.4 is 10.3 Å². The summed E-state index contributed by atoms with van der Waals surface area (Å²) in [6, 6.07) is 11.4. The van der Waals surface area contributed by atoms with Crippen LogP contribution in [0.4, 0.5) is 8.78 Å². The van der Waals surface area contributed by atoms with E-state index in [1.165, 1.54) is 11.6 Å². The summed E-state index contributed by atoms with van der Waals surface area (Å²) in [7, 11) is 0. The van der Waals surface area contributed by atoms with Crippen molar-refractivity contribution in [2.24, 2.45) is 0 Å². The molecule has 0 amide bonds. The standard InChI is InChI=1S/C24H24BrF2N3O3/c1-16-28-23(33-15-19-6-7-20(26)12-21(19)27)22(25)24(31)30(16)14-18-4-2-17(3-5-18)13-29-8-10-32-11-9-29/h2-7,12H,8-11,13-15H2,1H3. The molecule has 0 bridgehead atoms. The fraction of sp³-hybridized carbons (Fsp3) is 0.333. The van der Waals surface area contributed by atoms with E-state index in [0.29, 0.717) is 12.4 Å². The van der Waals surface area contributed by atoms with E-state index in [1.54, 1.807) is 11.5 Å². The van der Waals surface area contributed by atoms with Gasteiger partial charge in [-0.2, -0.15) is 4.98 Å². The second-order valence-electron chi connectivity index (χ2n) is 7.90. The molecule has 0 atom stereocenters. The lowest BCUT2D eigenvalue weighted by Crippen LogP contribution is -2.35. The van der Waals surface area contributed by atoms with Crippen LogP contribution in [0.2, 0.25) is 0 Å². The number of nitrogens with zero attached hydrogens (tertiary/aromatic N) is 3. The van der Waals surface area contributed by atoms with Crippen LogP contribution in [-0.2, 0) is 24.4 Å². The first-order chi connectivity index (χ1) is 15.9. The Morgan fingerprint density at radius 2 is 1.73 bits per heavy atom. The van der Waals surface area contributed by atoms with Crippen LogP contribution in [0, 0.1) is 18.6 Å². The number of halogens is 3. The average Bonchev–Trinajstić information content (AvgIpc) is 2.81. The monoisotopic (exact) mass is 519 g/mol. The summed E-state index contributed by atoms with van der Waals surface area (Å²) in [6.45, 7) is 6.16. The van der Waals surface area contributed by atoms with Crippen LogP contribution in [0.25, 0.3) is 0 Å². The lowest BCUT2D eigenvalue weighted by atomic mass is 10.1. The third-order valence-corrected chi connectivity index (χ3v) is 6.21. The Morgan fingerprint density at radius 3 is 2.39 bits per heavy atom. The Morgan fingerprint density at radius 1 is 1.06 bits per heavy atom. The third-order valence-electron chi connectivity index (χ3n) is 5.53. The summed E-state index contributed by atoms with van der Waals surface area (Å²) >= 11 is 3.26. The molecule has 1 aliphatic rings. The fourth-order valence-corrected chi connectivity index (χ4v) is 4.05. The van der Waals surface area contributed by atoms with Crippen LogP contribution in [0.15, 0.2) is 51.7 Å². The quantitative estimate of drug-likeness (QED) is 0.471. The van der Waals surface area contributed by atoms with Crippen molar-refractivity contribution < 1.29 is 18.3 Å². The molecule has 174 valence electrons. The summed E-state index contributed by atoms with van der Waals surface area (Å²) in [5.41, 5.74) is 2.06. The topological polar surface area (TPSA) is 56.6 Å². The smallest absolute Gasteiger partial charge is 0.272 e. The Bertz CT molecular complexity index is 1180. The zero-order valence-corrected chi connectivity index (χ0v) is 19.8. The van der Waals surface area contributed by atoms with Gasteiger partial charge in [-0.1, -0.05) is 24.3 Å². The van der Waals surface area contributed by atoms with Gasteiger partial charge in [-0.05, 0) is 46.1 Å². The Kier molecular flexibility index (Phi) is 7.52. The number of rotatable bonds is 7. The molecule has 1 saturated heterocycles. The second kappa shape index (κ2) is 10.5. The van der Waals surface area contributed by atoms with Gasteiger partial charge in [0.1, 0.15) is 28.5 Å². The lowest BCUT2D eigenvalue weighted by molar-refractivity contribution is 0.0342. The second-order valence-corrected chi connectivity index (χ2v) is 8.69. The van der Waals surface area contributed by atoms with E-state index in [4.69, 9.17) is 9.47 Å². The summed E-state index contributed by atoms with van der Waals surface area (Å²) < 4.78 is 39.6. The molecule has 0 saturated carbocycles. The molecule has 1 aromatic heterocycles. The molecule has 2 heterocycles. The van der Waals surface area contributed by atoms with Crippen LogP contribution in [-0.4, -0.2) is 40.8 Å². The number of morpholine rings is 1. The number of benzene rings is 2. The van der Waals surface area contributed by atoms with E-state index in [9.17, 15) is 13.6 Å². The van der Waals surface area contributed by atoms with Crippen molar-refractivity contribution in [3.8, 4) is 5.88 Å². The third kappa shape index (κ3) is 5.85. The SMILES string of the molecule is Cc1nc(OCc2ccc(F)cc2F)c(Br)c(=O)n1Cc1ccc(CN2CCOCC2)cc1. The van der Waals surface area contributed by atoms with Crippen molar-refractivity contribution in [2.45, 2.75) is 26.6 Å². The normalized spacial score (nSPS) is 14.4. The zero-order chi connectivity index (χ0) is 23.4. The Labute approximate surface area is 198 Å². The van der Waals surface area contributed by atoms with Crippen molar-refractivity contribution in [1.82, 2.24) is 14.5 Å². The summed E-state index contributed by atoms with van der Waals surface area (Å²) in [6.07, 6.45) is 0. The number of ether oxygens (including phenoxy) is 2. The van der Waals surface area contributed by atoms with Gasteiger partial charge < -0.3 is 9.47 Å². The molecule has 1 aliphatic heterocycles. The first-order valence-corrected chi connectivity index (χ1v) is 11.4. The number of aromatic nitrogens is 2. The minimum Gasteiger partial charge on any atom is -0.472 e. The molecule has 0 N–H and O–H groups in total. The van der Waals surface area contributed by atoms with E-state index >= 15 is 0 Å². The van der Waals surface area contributed by atoms with Crippen molar-refractivity contribution in [3.05, 3.63) is 91.4 Å². The predicted molar refractivity (Wildman–Crippen MR) is 123 cm³/mol. The maximum absolute atomic E-state index is 13.9. The van der Waals surface area contributed by atoms with Gasteiger partial charge in [0.2, 0.25) is 5.88 Å². The van der Waals surface area contributed by atoms with Crippen LogP contribution in [0.1, 0.15) is 22.5 Å². The zero-order valence-electron chi connectivity index (χ0n) is 18.2. The number of hydrogen-bond donors (Lipinski definition) is 0. The Hall–Kier alpha value is -2.62. The van der Waals surface area contributed by atoms with E-state index in [1.807, 2.05) is 12.1 Å². The first kappa shape index (κ1) is 23.5. The van der Waals surface area contributed by atoms with Gasteiger partial charge in [-0.15, -0.1) is 0 Å². The van der Waals surface area contributed by atoms with Crippen molar-refractivity contribution >= 4 is 15.9 Å². The summed E-state index contributed by atoms with van der Waals surface area (Å²) in [5, 5.41) is 0. The largest absolute Gasteiger partial charge is 0.472 e. The molecule has 0 radical (unpaired) electrons. The van der Waals surface area contributed by atoms with Crippen molar-refractivity contribution in [1.29, 1.82) is 0 Å². The molecule has 4 rings (SSSR count). The minimum atomic E-state index is -0.715. The molecule has 6 nitrogen and oxygen atoms in total. The molecule has 0 unspecified atom stereocenters. The lowest BCUT2D eigenvalue weighted by Gasteiger charge is -2.26. The van der Waals surface area contributed by atoms with Crippen molar-refractivity contribution in [2.75, 3.05) is 26.3 Å². The molecule has 2 aromatic carbocycles. The number of aryl methyl sites for hydroxylation is 1. The Balaban J connectivity index is 1.45. The summed E-state index contributed by atoms with van der Waals surface area (Å²) in [4.78, 5) is 19.6. The number of hydrogen-bond acceptors (Lipinski definition) is 5. The molecular formula is C24H24BrF2N3O3. The molecule has 3 aromatic rings. The van der Waals surface area contributed by atoms with E-state index in [2.05, 4.69) is 37.9 Å². The van der Waals surface area contributed by atoms with Crippen molar-refractivity contribution in [3.63, 3.8) is 0 Å². The maximum Gasteiger partial charge on any atom is 0.272 e. The molecule has 9 heteroatoms. The summed E-state index contributed by atoms with van der Waals surface area (Å²) in [5.74, 6) is -0.843. The molecular weight excluding hydrogens is 496 g/mol. The van der Waals surface area contributed by atoms with Gasteiger partial charge in [-0.3, -0.25) is 14.3 Å². The highest BCUT2D eigenvalue weighted by molar-refractivity contribution is 9.10. The van der Waals surface area contributed by atoms with Gasteiger partial charge in [-0.25, -0.2) is 8.78 Å². The van der Waals surface area contributed by atoms with Crippen LogP contribution in [0.3, 0.4) is 0 Å². The average molecular weight is 520 g/mol. The fourth-order valence-electron chi connectivity index (χ4n) is 3.63. The highest BCUT2D eigenvalue weighted by Gasteiger charge is 2.16. The van der Waals surface area contributed by atoms with E-state index in [-0.39, 0.29) is 28.1 Å². The van der Waals surface area contributed by atoms with Gasteiger partial charge >= 0.3 is 0 Å². The van der Waals surface area contributed by atoms with Gasteiger partial charge in [0.15, 0.2) is 0 Å². The van der Waals surface area contributed by atoms with Crippen LogP contribution in [0.5, 0.6) is 5.88 Å². The van der Waals surface area contributed by atoms with Gasteiger partial charge in [0.05, 0.1) is 19.8 Å². The molecule has 1 fully saturated rings. The molecule has 0 spiro atoms. The molecule has 33 heavy (non-hydrogen) atoms. The van der Waals surface area contributed by atoms with Gasteiger partial charge in [0.25, 0.3) is 5.56 Å². The highest BCUT2D eigenvalue weighted by Crippen LogP contribution is 2.21. The predicted octanol–water partition coefficient (Wildman–Crippen LogP) is 4.05. The first-order valence-electron chi connectivity index (χ1n) is 10.6. The minimum absolute atomic E-state index is 0.0679. The highest BCUT2D eigenvalue weighted by atomic mass is 79.9. The maximum atomic E-state index is 13.9.